The van der Waals surface area contributed by atoms with Crippen molar-refractivity contribution in [3.8, 4) is 5.82 Å². The fourth-order valence-electron chi connectivity index (χ4n) is 8.66. The number of hydrogen-bond acceptors (Lipinski definition) is 3. The SMILES string of the molecule is CC(C)c1ccnc(-n2c3[c-]c([Si](c4[c-]c(N5CN(c6ccccc6)c6ccccc65)ccc4)(c4ccccc4)c4ccccc4)ccc3c3ccccc32)c1.[Pt+2]. The third-order valence-corrected chi connectivity index (χ3v) is 16.0. The smallest absolute Gasteiger partial charge is 0.345 e. The largest absolute Gasteiger partial charge is 2.00 e. The fraction of sp³-hybridized carbons (Fsp3) is 0.0784. The van der Waals surface area contributed by atoms with E-state index in [-0.39, 0.29) is 21.1 Å². The number of aromatic nitrogens is 2. The molecule has 0 saturated heterocycles. The Hall–Kier alpha value is -6.00. The van der Waals surface area contributed by atoms with Crippen molar-refractivity contribution in [3.05, 3.63) is 206 Å². The Morgan fingerprint density at radius 1 is 0.561 bits per heavy atom. The molecule has 7 aromatic carbocycles. The molecule has 0 amide bonds. The number of benzene rings is 7. The zero-order valence-corrected chi connectivity index (χ0v) is 35.1. The molecule has 0 bridgehead atoms. The van der Waals surface area contributed by atoms with Crippen molar-refractivity contribution in [1.29, 1.82) is 0 Å². The van der Waals surface area contributed by atoms with E-state index in [1.165, 1.54) is 48.8 Å². The van der Waals surface area contributed by atoms with E-state index in [9.17, 15) is 0 Å². The number of nitrogens with zero attached hydrogens (tertiary/aromatic N) is 4. The molecule has 0 aliphatic carbocycles. The minimum Gasteiger partial charge on any atom is -0.345 e. The van der Waals surface area contributed by atoms with E-state index in [1.54, 1.807) is 0 Å². The zero-order chi connectivity index (χ0) is 37.6. The molecule has 9 aromatic rings. The molecule has 1 aliphatic rings. The van der Waals surface area contributed by atoms with Crippen molar-refractivity contribution >= 4 is 73.4 Å². The van der Waals surface area contributed by atoms with Gasteiger partial charge in [-0.25, -0.2) is 4.98 Å². The molecule has 0 saturated carbocycles. The summed E-state index contributed by atoms with van der Waals surface area (Å²) in [5.41, 5.74) is 7.99. The zero-order valence-electron chi connectivity index (χ0n) is 31.8. The fourth-order valence-corrected chi connectivity index (χ4v) is 13.2. The summed E-state index contributed by atoms with van der Waals surface area (Å²) in [6, 6.07) is 74.2. The average molecular weight is 932 g/mol. The second kappa shape index (κ2) is 15.2. The van der Waals surface area contributed by atoms with E-state index in [4.69, 9.17) is 4.98 Å². The molecular weight excluding hydrogens is 892 g/mol. The molecule has 0 N–H and O–H groups in total. The van der Waals surface area contributed by atoms with E-state index < -0.39 is 8.07 Å². The molecule has 0 atom stereocenters. The molecule has 278 valence electrons. The number of fused-ring (bicyclic) bond motifs is 4. The van der Waals surface area contributed by atoms with Gasteiger partial charge in [-0.05, 0) is 69.7 Å². The average Bonchev–Trinajstić information content (AvgIpc) is 3.82. The van der Waals surface area contributed by atoms with Crippen LogP contribution in [0.3, 0.4) is 0 Å². The van der Waals surface area contributed by atoms with Crippen LogP contribution in [0.5, 0.6) is 0 Å². The van der Waals surface area contributed by atoms with Crippen LogP contribution >= 0.6 is 0 Å². The van der Waals surface area contributed by atoms with Crippen LogP contribution in [0.25, 0.3) is 27.6 Å². The molecule has 2 aromatic heterocycles. The summed E-state index contributed by atoms with van der Waals surface area (Å²) < 4.78 is 2.31. The van der Waals surface area contributed by atoms with Crippen LogP contribution in [0, 0.1) is 12.1 Å². The van der Waals surface area contributed by atoms with E-state index in [1.807, 2.05) is 6.20 Å². The molecule has 6 heteroatoms. The second-order valence-corrected chi connectivity index (χ2v) is 18.6. The summed E-state index contributed by atoms with van der Waals surface area (Å²) in [6.07, 6.45) is 1.94. The predicted octanol–water partition coefficient (Wildman–Crippen LogP) is 9.52. The third kappa shape index (κ3) is 6.14. The number of rotatable bonds is 8. The van der Waals surface area contributed by atoms with E-state index in [2.05, 4.69) is 222 Å². The maximum absolute atomic E-state index is 4.97. The van der Waals surface area contributed by atoms with Gasteiger partial charge in [0.25, 0.3) is 0 Å². The topological polar surface area (TPSA) is 24.3 Å². The Kier molecular flexibility index (Phi) is 9.74. The van der Waals surface area contributed by atoms with Gasteiger partial charge in [-0.1, -0.05) is 134 Å². The Balaban J connectivity index is 0.00000422. The van der Waals surface area contributed by atoms with Crippen molar-refractivity contribution in [1.82, 2.24) is 9.55 Å². The molecule has 0 unspecified atom stereocenters. The molecule has 4 nitrogen and oxygen atoms in total. The molecule has 0 fully saturated rings. The Morgan fingerprint density at radius 3 is 1.88 bits per heavy atom. The van der Waals surface area contributed by atoms with Crippen molar-refractivity contribution in [2.45, 2.75) is 19.8 Å². The van der Waals surface area contributed by atoms with Crippen LogP contribution in [0.1, 0.15) is 25.3 Å². The minimum absolute atomic E-state index is 0. The molecule has 0 spiro atoms. The summed E-state index contributed by atoms with van der Waals surface area (Å²) in [5.74, 6) is 1.29. The molecule has 0 radical (unpaired) electrons. The van der Waals surface area contributed by atoms with Gasteiger partial charge < -0.3 is 14.4 Å². The van der Waals surface area contributed by atoms with Gasteiger partial charge in [0.05, 0.1) is 18.0 Å². The summed E-state index contributed by atoms with van der Waals surface area (Å²) in [4.78, 5) is 9.76. The Morgan fingerprint density at radius 2 is 1.18 bits per heavy atom. The summed E-state index contributed by atoms with van der Waals surface area (Å²) in [6.45, 7) is 5.16. The van der Waals surface area contributed by atoms with Crippen molar-refractivity contribution in [3.63, 3.8) is 0 Å². The van der Waals surface area contributed by atoms with Gasteiger partial charge in [0.2, 0.25) is 0 Å². The third-order valence-electron chi connectivity index (χ3n) is 11.4. The maximum Gasteiger partial charge on any atom is 2.00 e. The van der Waals surface area contributed by atoms with Gasteiger partial charge in [-0.2, -0.15) is 46.8 Å². The predicted molar refractivity (Wildman–Crippen MR) is 236 cm³/mol. The molecule has 10 rings (SSSR count). The van der Waals surface area contributed by atoms with Gasteiger partial charge in [0, 0.05) is 17.4 Å². The van der Waals surface area contributed by atoms with E-state index in [0.717, 1.165) is 27.9 Å². The van der Waals surface area contributed by atoms with Gasteiger partial charge in [0.15, 0.2) is 0 Å². The quantitative estimate of drug-likeness (QED) is 0.0863. The van der Waals surface area contributed by atoms with E-state index >= 15 is 0 Å². The first kappa shape index (κ1) is 36.6. The van der Waals surface area contributed by atoms with Crippen molar-refractivity contribution in [2.24, 2.45) is 0 Å². The minimum atomic E-state index is -3.06. The molecule has 1 aliphatic heterocycles. The number of hydrogen-bond donors (Lipinski definition) is 0. The van der Waals surface area contributed by atoms with Gasteiger partial charge in [-0.3, -0.25) is 0 Å². The van der Waals surface area contributed by atoms with E-state index in [0.29, 0.717) is 12.6 Å². The van der Waals surface area contributed by atoms with Crippen LogP contribution in [-0.2, 0) is 21.1 Å². The van der Waals surface area contributed by atoms with Crippen LogP contribution in [0.4, 0.5) is 22.7 Å². The first-order valence-electron chi connectivity index (χ1n) is 19.4. The van der Waals surface area contributed by atoms with Gasteiger partial charge in [-0.15, -0.1) is 11.5 Å². The van der Waals surface area contributed by atoms with Gasteiger partial charge >= 0.3 is 21.1 Å². The normalized spacial score (nSPS) is 12.6. The standard InChI is InChI=1S/C51H40N4Si.Pt/c1-37(2)38-31-32-52-51(33-38)55-47-26-13-12-25-45(47)46-30-29-44(35-50(46)55)56(41-20-8-4-9-21-41,42-22-10-5-11-23-42)43-24-16-19-40(34-43)54-36-53(39-17-6-3-7-18-39)48-27-14-15-28-49(48)54;/h3-33,37H,36H2,1-2H3;/q-2;+2. The molecule has 57 heavy (non-hydrogen) atoms. The number of para-hydroxylation sites is 4. The maximum atomic E-state index is 4.97. The first-order valence-corrected chi connectivity index (χ1v) is 21.4. The Bertz CT molecular complexity index is 2800. The number of anilines is 4. The van der Waals surface area contributed by atoms with Crippen LogP contribution < -0.4 is 30.5 Å². The van der Waals surface area contributed by atoms with Crippen molar-refractivity contribution in [2.75, 3.05) is 16.5 Å². The molecule has 3 heterocycles. The first-order chi connectivity index (χ1) is 27.6. The summed E-state index contributed by atoms with van der Waals surface area (Å²) in [5, 5.41) is 7.28. The van der Waals surface area contributed by atoms with Crippen LogP contribution in [0.2, 0.25) is 0 Å². The van der Waals surface area contributed by atoms with Crippen LogP contribution in [-0.4, -0.2) is 24.3 Å². The number of pyridine rings is 1. The monoisotopic (exact) mass is 931 g/mol. The second-order valence-electron chi connectivity index (χ2n) is 14.8. The molecular formula is C51H40N4PtSi. The van der Waals surface area contributed by atoms with Crippen molar-refractivity contribution < 1.29 is 21.1 Å². The Labute approximate surface area is 350 Å². The summed E-state index contributed by atoms with van der Waals surface area (Å²) >= 11 is 0. The van der Waals surface area contributed by atoms with Crippen LogP contribution in [0.15, 0.2) is 188 Å². The van der Waals surface area contributed by atoms with Gasteiger partial charge in [0.1, 0.15) is 13.9 Å². The summed E-state index contributed by atoms with van der Waals surface area (Å²) in [7, 11) is -3.06.